The molecule has 1 aliphatic rings. The minimum absolute atomic E-state index is 0.516. The third-order valence-corrected chi connectivity index (χ3v) is 6.22. The average Bonchev–Trinajstić information content (AvgIpc) is 3.41. The van der Waals surface area contributed by atoms with E-state index in [0.29, 0.717) is 12.1 Å². The van der Waals surface area contributed by atoms with Crippen molar-refractivity contribution in [3.05, 3.63) is 72.1 Å². The predicted octanol–water partition coefficient (Wildman–Crippen LogP) is 4.84. The predicted molar refractivity (Wildman–Crippen MR) is 116 cm³/mol. The van der Waals surface area contributed by atoms with Crippen molar-refractivity contribution in [2.45, 2.75) is 50.9 Å². The number of nitrogens with one attached hydrogen (secondary N) is 4. The molecular formula is C24H28N4. The summed E-state index contributed by atoms with van der Waals surface area (Å²) >= 11 is 0. The third-order valence-electron chi connectivity index (χ3n) is 6.22. The summed E-state index contributed by atoms with van der Waals surface area (Å²) in [5, 5.41) is 10.3. The number of rotatable bonds is 6. The van der Waals surface area contributed by atoms with Crippen LogP contribution in [0.3, 0.4) is 0 Å². The maximum Gasteiger partial charge on any atom is 0.0499 e. The van der Waals surface area contributed by atoms with Crippen LogP contribution in [0.5, 0.6) is 0 Å². The van der Waals surface area contributed by atoms with Gasteiger partial charge >= 0.3 is 0 Å². The largest absolute Gasteiger partial charge is 0.361 e. The summed E-state index contributed by atoms with van der Waals surface area (Å²) in [4.78, 5) is 6.78. The molecule has 4 aromatic rings. The van der Waals surface area contributed by atoms with Crippen LogP contribution in [0, 0.1) is 0 Å². The van der Waals surface area contributed by atoms with Crippen molar-refractivity contribution in [1.29, 1.82) is 0 Å². The van der Waals surface area contributed by atoms with Gasteiger partial charge in [-0.2, -0.15) is 0 Å². The summed E-state index contributed by atoms with van der Waals surface area (Å²) in [6.45, 7) is 1.82. The van der Waals surface area contributed by atoms with Gasteiger partial charge in [0.25, 0.3) is 0 Å². The molecule has 1 fully saturated rings. The SMILES string of the molecule is c1cc(CN[C@@H]2CCCC[C@H]2NCc2cccc3cc[nH]c23)c2[nH]ccc2c1. The first-order valence-corrected chi connectivity index (χ1v) is 10.5. The fourth-order valence-corrected chi connectivity index (χ4v) is 4.70. The van der Waals surface area contributed by atoms with Crippen LogP contribution in [0.1, 0.15) is 36.8 Å². The molecule has 0 saturated heterocycles. The second-order valence-corrected chi connectivity index (χ2v) is 7.98. The van der Waals surface area contributed by atoms with Gasteiger partial charge in [-0.1, -0.05) is 49.2 Å². The molecule has 0 bridgehead atoms. The van der Waals surface area contributed by atoms with Gasteiger partial charge in [-0.15, -0.1) is 0 Å². The summed E-state index contributed by atoms with van der Waals surface area (Å²) in [7, 11) is 0. The van der Waals surface area contributed by atoms with E-state index in [0.717, 1.165) is 13.1 Å². The fourth-order valence-electron chi connectivity index (χ4n) is 4.70. The Labute approximate surface area is 165 Å². The van der Waals surface area contributed by atoms with Gasteiger partial charge < -0.3 is 20.6 Å². The highest BCUT2D eigenvalue weighted by atomic mass is 15.0. The maximum atomic E-state index is 3.85. The van der Waals surface area contributed by atoms with E-state index < -0.39 is 0 Å². The number of benzene rings is 2. The zero-order valence-corrected chi connectivity index (χ0v) is 16.2. The van der Waals surface area contributed by atoms with E-state index in [1.807, 2.05) is 12.4 Å². The Kier molecular flexibility index (Phi) is 4.90. The molecule has 144 valence electrons. The van der Waals surface area contributed by atoms with Crippen LogP contribution < -0.4 is 10.6 Å². The Morgan fingerprint density at radius 3 is 1.68 bits per heavy atom. The van der Waals surface area contributed by atoms with Crippen molar-refractivity contribution in [3.8, 4) is 0 Å². The maximum absolute atomic E-state index is 3.85. The van der Waals surface area contributed by atoms with Gasteiger partial charge in [-0.25, -0.2) is 0 Å². The standard InChI is InChI=1S/C24H28N4/c1-2-10-22(28-16-20-8-4-6-18-12-14-26-24(18)20)21(9-1)27-15-19-7-3-5-17-11-13-25-23(17)19/h3-8,11-14,21-22,25-28H,1-2,9-10,15-16H2/t21-,22-/m1/s1. The van der Waals surface area contributed by atoms with Gasteiger partial charge in [0.15, 0.2) is 0 Å². The van der Waals surface area contributed by atoms with E-state index in [4.69, 9.17) is 0 Å². The van der Waals surface area contributed by atoms with Crippen molar-refractivity contribution < 1.29 is 0 Å². The van der Waals surface area contributed by atoms with Crippen molar-refractivity contribution >= 4 is 21.8 Å². The van der Waals surface area contributed by atoms with Gasteiger partial charge in [-0.05, 0) is 46.9 Å². The van der Waals surface area contributed by atoms with E-state index >= 15 is 0 Å². The zero-order chi connectivity index (χ0) is 18.8. The lowest BCUT2D eigenvalue weighted by Crippen LogP contribution is -2.49. The minimum Gasteiger partial charge on any atom is -0.361 e. The summed E-state index contributed by atoms with van der Waals surface area (Å²) in [6, 6.07) is 18.4. The van der Waals surface area contributed by atoms with Crippen LogP contribution in [0.2, 0.25) is 0 Å². The van der Waals surface area contributed by atoms with Crippen LogP contribution in [-0.4, -0.2) is 22.1 Å². The van der Waals surface area contributed by atoms with E-state index in [9.17, 15) is 0 Å². The Morgan fingerprint density at radius 1 is 0.679 bits per heavy atom. The lowest BCUT2D eigenvalue weighted by Gasteiger charge is -2.33. The summed E-state index contributed by atoms with van der Waals surface area (Å²) in [6.07, 6.45) is 9.17. The quantitative estimate of drug-likeness (QED) is 0.391. The second-order valence-electron chi connectivity index (χ2n) is 7.98. The van der Waals surface area contributed by atoms with Crippen molar-refractivity contribution in [2.75, 3.05) is 0 Å². The first-order valence-electron chi connectivity index (χ1n) is 10.5. The Morgan fingerprint density at radius 2 is 1.18 bits per heavy atom. The highest BCUT2D eigenvalue weighted by molar-refractivity contribution is 5.83. The van der Waals surface area contributed by atoms with Gasteiger partial charge in [0.05, 0.1) is 0 Å². The van der Waals surface area contributed by atoms with Crippen LogP contribution >= 0.6 is 0 Å². The number of aromatic nitrogens is 2. The van der Waals surface area contributed by atoms with E-state index in [1.165, 1.54) is 58.6 Å². The summed E-state index contributed by atoms with van der Waals surface area (Å²) < 4.78 is 0. The summed E-state index contributed by atoms with van der Waals surface area (Å²) in [5.41, 5.74) is 5.22. The van der Waals surface area contributed by atoms with Crippen molar-refractivity contribution in [3.63, 3.8) is 0 Å². The minimum atomic E-state index is 0.516. The summed E-state index contributed by atoms with van der Waals surface area (Å²) in [5.74, 6) is 0. The topological polar surface area (TPSA) is 55.6 Å². The number of H-pyrrole nitrogens is 2. The monoisotopic (exact) mass is 372 g/mol. The van der Waals surface area contributed by atoms with Crippen LogP contribution in [0.25, 0.3) is 21.8 Å². The lowest BCUT2D eigenvalue weighted by atomic mass is 9.90. The Bertz CT molecular complexity index is 975. The average molecular weight is 373 g/mol. The molecule has 4 N–H and O–H groups in total. The smallest absolute Gasteiger partial charge is 0.0499 e. The molecule has 5 rings (SSSR count). The normalized spacial score (nSPS) is 20.1. The van der Waals surface area contributed by atoms with Gasteiger partial charge in [0, 0.05) is 48.6 Å². The molecule has 0 amide bonds. The molecule has 2 aromatic heterocycles. The van der Waals surface area contributed by atoms with Crippen molar-refractivity contribution in [1.82, 2.24) is 20.6 Å². The van der Waals surface area contributed by atoms with Crippen LogP contribution in [-0.2, 0) is 13.1 Å². The molecule has 4 heteroatoms. The molecule has 2 aromatic carbocycles. The third kappa shape index (κ3) is 3.46. The molecule has 0 aliphatic heterocycles. The number of aromatic amines is 2. The highest BCUT2D eigenvalue weighted by Gasteiger charge is 2.24. The second kappa shape index (κ2) is 7.82. The Balaban J connectivity index is 1.26. The van der Waals surface area contributed by atoms with E-state index in [2.05, 4.69) is 69.1 Å². The lowest BCUT2D eigenvalue weighted by molar-refractivity contribution is 0.281. The highest BCUT2D eigenvalue weighted by Crippen LogP contribution is 2.22. The molecule has 4 nitrogen and oxygen atoms in total. The fraction of sp³-hybridized carbons (Fsp3) is 0.333. The molecule has 1 aliphatic carbocycles. The number of para-hydroxylation sites is 2. The zero-order valence-electron chi connectivity index (χ0n) is 16.2. The number of hydrogen-bond acceptors (Lipinski definition) is 2. The van der Waals surface area contributed by atoms with E-state index in [-0.39, 0.29) is 0 Å². The van der Waals surface area contributed by atoms with Crippen LogP contribution in [0.4, 0.5) is 0 Å². The van der Waals surface area contributed by atoms with Crippen molar-refractivity contribution in [2.24, 2.45) is 0 Å². The number of fused-ring (bicyclic) bond motifs is 2. The molecule has 2 atom stereocenters. The van der Waals surface area contributed by atoms with Gasteiger partial charge in [-0.3, -0.25) is 0 Å². The number of hydrogen-bond donors (Lipinski definition) is 4. The first kappa shape index (κ1) is 17.5. The Hall–Kier alpha value is -2.56. The molecule has 0 unspecified atom stereocenters. The molecule has 28 heavy (non-hydrogen) atoms. The molecule has 0 spiro atoms. The first-order chi connectivity index (χ1) is 13.9. The molecule has 0 radical (unpaired) electrons. The van der Waals surface area contributed by atoms with Gasteiger partial charge in [0.2, 0.25) is 0 Å². The molecular weight excluding hydrogens is 344 g/mol. The molecule has 1 saturated carbocycles. The molecule has 2 heterocycles. The van der Waals surface area contributed by atoms with E-state index in [1.54, 1.807) is 0 Å². The van der Waals surface area contributed by atoms with Crippen LogP contribution in [0.15, 0.2) is 60.9 Å². The van der Waals surface area contributed by atoms with Gasteiger partial charge in [0.1, 0.15) is 0 Å².